The van der Waals surface area contributed by atoms with Crippen LogP contribution in [-0.2, 0) is 29.2 Å². The first-order valence-electron chi connectivity index (χ1n) is 14.0. The Morgan fingerprint density at radius 1 is 1.25 bits per heavy atom. The van der Waals surface area contributed by atoms with Crippen molar-refractivity contribution in [1.82, 2.24) is 24.4 Å². The summed E-state index contributed by atoms with van der Waals surface area (Å²) >= 11 is 7.45. The lowest BCUT2D eigenvalue weighted by Gasteiger charge is -2.29. The van der Waals surface area contributed by atoms with Gasteiger partial charge in [-0.25, -0.2) is 14.8 Å². The van der Waals surface area contributed by atoms with Crippen LogP contribution in [-0.4, -0.2) is 63.3 Å². The smallest absolute Gasteiger partial charge is 0.348 e. The van der Waals surface area contributed by atoms with Gasteiger partial charge in [-0.2, -0.15) is 13.8 Å². The monoisotopic (exact) mass is 641 g/mol. The Bertz CT molecular complexity index is 1920. The van der Waals surface area contributed by atoms with Crippen LogP contribution in [0.25, 0.3) is 26.9 Å². The lowest BCUT2D eigenvalue weighted by atomic mass is 10.1. The first-order valence-corrected chi connectivity index (χ1v) is 15.2. The van der Waals surface area contributed by atoms with E-state index in [4.69, 9.17) is 35.2 Å². The highest BCUT2D eigenvalue weighted by molar-refractivity contribution is 7.20. The van der Waals surface area contributed by atoms with E-state index in [-0.39, 0.29) is 30.1 Å². The maximum absolute atomic E-state index is 14.6. The Labute approximate surface area is 258 Å². The van der Waals surface area contributed by atoms with E-state index in [0.29, 0.717) is 59.3 Å². The summed E-state index contributed by atoms with van der Waals surface area (Å²) in [6.07, 6.45) is 4.86. The summed E-state index contributed by atoms with van der Waals surface area (Å²) in [5, 5.41) is 0.754. The summed E-state index contributed by atoms with van der Waals surface area (Å²) < 4.78 is 51.9. The van der Waals surface area contributed by atoms with Crippen molar-refractivity contribution in [1.29, 1.82) is 0 Å². The van der Waals surface area contributed by atoms with Crippen molar-refractivity contribution in [2.45, 2.75) is 38.6 Å². The van der Waals surface area contributed by atoms with Gasteiger partial charge < -0.3 is 23.2 Å². The van der Waals surface area contributed by atoms with Crippen LogP contribution in [0, 0.1) is 11.8 Å². The molecule has 6 heterocycles. The molecule has 1 atom stereocenters. The maximum atomic E-state index is 14.6. The minimum atomic E-state index is -0.771. The van der Waals surface area contributed by atoms with E-state index in [1.54, 1.807) is 12.1 Å². The Morgan fingerprint density at radius 3 is 2.86 bits per heavy atom. The number of nitrogens with zero attached hydrogens (tertiary/aromatic N) is 5. The second kappa shape index (κ2) is 11.9. The Hall–Kier alpha value is -3.91. The molecule has 0 saturated carbocycles. The van der Waals surface area contributed by atoms with Crippen LogP contribution in [0.2, 0.25) is 5.02 Å². The van der Waals surface area contributed by atoms with Crippen LogP contribution in [0.15, 0.2) is 41.0 Å². The summed E-state index contributed by atoms with van der Waals surface area (Å²) in [6, 6.07) is 5.51. The van der Waals surface area contributed by atoms with Gasteiger partial charge in [0.05, 0.1) is 43.0 Å². The molecule has 0 amide bonds. The average molecular weight is 642 g/mol. The van der Waals surface area contributed by atoms with Gasteiger partial charge in [0.15, 0.2) is 5.82 Å². The molecule has 4 aromatic heterocycles. The molecule has 0 spiro atoms. The van der Waals surface area contributed by atoms with E-state index in [0.717, 1.165) is 41.0 Å². The maximum Gasteiger partial charge on any atom is 0.348 e. The summed E-state index contributed by atoms with van der Waals surface area (Å²) in [7, 11) is 1.37. The number of imidazole rings is 1. The normalized spacial score (nSPS) is 17.2. The second-order valence-electron chi connectivity index (χ2n) is 10.6. The highest BCUT2D eigenvalue weighted by Gasteiger charge is 2.26. The third-order valence-corrected chi connectivity index (χ3v) is 9.12. The van der Waals surface area contributed by atoms with E-state index < -0.39 is 11.8 Å². The van der Waals surface area contributed by atoms with E-state index in [1.165, 1.54) is 24.5 Å². The molecule has 0 radical (unpaired) electrons. The zero-order chi connectivity index (χ0) is 30.4. The van der Waals surface area contributed by atoms with Gasteiger partial charge in [-0.15, -0.1) is 11.3 Å². The van der Waals surface area contributed by atoms with Gasteiger partial charge in [0.25, 0.3) is 11.9 Å². The number of hydrogen-bond acceptors (Lipinski definition) is 10. The molecule has 1 aromatic carbocycles. The Morgan fingerprint density at radius 2 is 2.11 bits per heavy atom. The molecule has 14 heteroatoms. The van der Waals surface area contributed by atoms with Crippen molar-refractivity contribution in [2.24, 2.45) is 0 Å². The van der Waals surface area contributed by atoms with Crippen LogP contribution in [0.5, 0.6) is 5.88 Å². The third-order valence-electron chi connectivity index (χ3n) is 7.80. The predicted octanol–water partition coefficient (Wildman–Crippen LogP) is 6.01. The second-order valence-corrected chi connectivity index (χ2v) is 12.0. The highest BCUT2D eigenvalue weighted by Crippen LogP contribution is 2.32. The zero-order valence-corrected chi connectivity index (χ0v) is 25.1. The number of methoxy groups -OCH3 is 1. The molecule has 44 heavy (non-hydrogen) atoms. The van der Waals surface area contributed by atoms with Gasteiger partial charge in [0, 0.05) is 36.7 Å². The molecular formula is C30H26ClF2N5O5S. The molecular weight excluding hydrogens is 616 g/mol. The SMILES string of the molecule is COC(=O)c1cc2c(nc(CN3CC=C(c4ncc(F)c(OCc5ccc(Cl)c6cc(F)oc56)n4)CC3)n2C[C@@H]2CCO2)s1. The van der Waals surface area contributed by atoms with Crippen LogP contribution < -0.4 is 4.74 Å². The third kappa shape index (κ3) is 5.56. The number of ether oxygens (including phenoxy) is 3. The van der Waals surface area contributed by atoms with Gasteiger partial charge in [-0.3, -0.25) is 4.90 Å². The van der Waals surface area contributed by atoms with Crippen molar-refractivity contribution in [2.75, 3.05) is 26.8 Å². The lowest BCUT2D eigenvalue weighted by Crippen LogP contribution is -2.33. The van der Waals surface area contributed by atoms with E-state index in [2.05, 4.69) is 19.4 Å². The molecule has 7 rings (SSSR count). The molecule has 1 saturated heterocycles. The van der Waals surface area contributed by atoms with E-state index >= 15 is 0 Å². The molecule has 228 valence electrons. The Balaban J connectivity index is 1.05. The first-order chi connectivity index (χ1) is 21.4. The van der Waals surface area contributed by atoms with Gasteiger partial charge in [-0.1, -0.05) is 23.7 Å². The largest absolute Gasteiger partial charge is 0.470 e. The fourth-order valence-electron chi connectivity index (χ4n) is 5.36. The minimum absolute atomic E-state index is 0.0993. The molecule has 0 N–H and O–H groups in total. The predicted molar refractivity (Wildman–Crippen MR) is 159 cm³/mol. The summed E-state index contributed by atoms with van der Waals surface area (Å²) in [5.41, 5.74) is 2.52. The number of rotatable bonds is 9. The average Bonchev–Trinajstić information content (AvgIpc) is 3.69. The summed E-state index contributed by atoms with van der Waals surface area (Å²) in [6.45, 7) is 3.25. The van der Waals surface area contributed by atoms with Crippen molar-refractivity contribution in [3.05, 3.63) is 75.5 Å². The number of aromatic nitrogens is 4. The van der Waals surface area contributed by atoms with Crippen LogP contribution in [0.1, 0.15) is 39.7 Å². The number of carbonyl (C=O) groups is 1. The molecule has 2 aliphatic rings. The molecule has 0 bridgehead atoms. The van der Waals surface area contributed by atoms with Gasteiger partial charge in [0.1, 0.15) is 27.7 Å². The van der Waals surface area contributed by atoms with Gasteiger partial charge in [-0.05, 0) is 30.5 Å². The lowest BCUT2D eigenvalue weighted by molar-refractivity contribution is -0.0591. The number of furan rings is 1. The van der Waals surface area contributed by atoms with Crippen LogP contribution >= 0.6 is 22.9 Å². The fourth-order valence-corrected chi connectivity index (χ4v) is 6.53. The van der Waals surface area contributed by atoms with E-state index in [1.807, 2.05) is 12.1 Å². The number of halogens is 3. The van der Waals surface area contributed by atoms with Crippen molar-refractivity contribution < 1.29 is 32.2 Å². The van der Waals surface area contributed by atoms with Crippen molar-refractivity contribution in [3.63, 3.8) is 0 Å². The fraction of sp³-hybridized carbons (Fsp3) is 0.333. The van der Waals surface area contributed by atoms with Gasteiger partial charge in [0.2, 0.25) is 5.82 Å². The number of esters is 1. The molecule has 1 fully saturated rings. The summed E-state index contributed by atoms with van der Waals surface area (Å²) in [4.78, 5) is 29.1. The quantitative estimate of drug-likeness (QED) is 0.179. The Kier molecular flexibility index (Phi) is 7.79. The molecule has 0 aliphatic carbocycles. The molecule has 10 nitrogen and oxygen atoms in total. The number of carbonyl (C=O) groups excluding carboxylic acids is 1. The molecule has 2 aliphatic heterocycles. The zero-order valence-electron chi connectivity index (χ0n) is 23.5. The topological polar surface area (TPSA) is 105 Å². The van der Waals surface area contributed by atoms with Crippen molar-refractivity contribution in [3.8, 4) is 5.88 Å². The number of fused-ring (bicyclic) bond motifs is 2. The minimum Gasteiger partial charge on any atom is -0.470 e. The van der Waals surface area contributed by atoms with Crippen LogP contribution in [0.4, 0.5) is 8.78 Å². The standard InChI is InChI=1S/C30H26ClF2N5O5S/c1-40-30(39)23-11-22-29(44-23)35-25(38(22)13-18-6-9-41-18)14-37-7-4-16(5-8-37)27-34-12-21(32)28(36-27)42-15-17-2-3-20(31)19-10-24(33)43-26(17)19/h2-4,10-12,18H,5-9,13-15H2,1H3/t18-/m0/s1. The summed E-state index contributed by atoms with van der Waals surface area (Å²) in [5.74, 6) is -0.0101. The molecule has 5 aromatic rings. The molecule has 0 unspecified atom stereocenters. The highest BCUT2D eigenvalue weighted by atomic mass is 35.5. The van der Waals surface area contributed by atoms with E-state index in [9.17, 15) is 13.6 Å². The number of hydrogen-bond donors (Lipinski definition) is 0. The van der Waals surface area contributed by atoms with Crippen molar-refractivity contribution >= 4 is 55.8 Å². The number of benzene rings is 1. The first kappa shape index (κ1) is 28.8. The van der Waals surface area contributed by atoms with Gasteiger partial charge >= 0.3 is 5.97 Å². The van der Waals surface area contributed by atoms with Crippen LogP contribution in [0.3, 0.4) is 0 Å². The number of thiophene rings is 1.